The molecule has 0 aliphatic heterocycles. The normalized spacial score (nSPS) is 13.7. The van der Waals surface area contributed by atoms with Crippen molar-refractivity contribution in [3.05, 3.63) is 107 Å². The Balaban J connectivity index is 1.74. The minimum absolute atomic E-state index is 0.0385. The molecule has 8 heteroatoms. The van der Waals surface area contributed by atoms with Gasteiger partial charge in [-0.25, -0.2) is 14.0 Å². The molecule has 0 aliphatic rings. The number of oxime groups is 1. The SMILES string of the molecule is O=C(O[C@@H]([C@H](F)C=NOCc1ccccc1)[C@@H](Cl)Cc1ccccc1C(=O)O)c1ccccc1. The van der Waals surface area contributed by atoms with Gasteiger partial charge in [-0.1, -0.05) is 71.9 Å². The number of carboxylic acids is 1. The first-order valence-electron chi connectivity index (χ1n) is 10.5. The minimum atomic E-state index is -1.90. The third-order valence-corrected chi connectivity index (χ3v) is 5.34. The molecule has 1 N–H and O–H groups in total. The topological polar surface area (TPSA) is 85.2 Å². The number of hydrogen-bond acceptors (Lipinski definition) is 5. The van der Waals surface area contributed by atoms with Crippen molar-refractivity contribution in [2.24, 2.45) is 5.16 Å². The maximum atomic E-state index is 15.2. The van der Waals surface area contributed by atoms with Crippen molar-refractivity contribution in [1.82, 2.24) is 0 Å². The summed E-state index contributed by atoms with van der Waals surface area (Å²) in [6.45, 7) is 0.134. The summed E-state index contributed by atoms with van der Waals surface area (Å²) in [5, 5.41) is 12.0. The van der Waals surface area contributed by atoms with Crippen molar-refractivity contribution in [2.75, 3.05) is 0 Å². The van der Waals surface area contributed by atoms with E-state index in [0.717, 1.165) is 11.8 Å². The summed E-state index contributed by atoms with van der Waals surface area (Å²) in [5.41, 5.74) is 1.51. The average molecular weight is 484 g/mol. The molecule has 34 heavy (non-hydrogen) atoms. The number of aromatic carboxylic acids is 1. The Kier molecular flexibility index (Phi) is 9.17. The zero-order valence-corrected chi connectivity index (χ0v) is 18.8. The lowest BCUT2D eigenvalue weighted by Gasteiger charge is -2.24. The van der Waals surface area contributed by atoms with Crippen LogP contribution in [0.3, 0.4) is 0 Å². The van der Waals surface area contributed by atoms with Crippen molar-refractivity contribution in [2.45, 2.75) is 30.7 Å². The summed E-state index contributed by atoms with van der Waals surface area (Å²) in [5.74, 6) is -1.89. The van der Waals surface area contributed by atoms with Crippen LogP contribution in [0.1, 0.15) is 31.8 Å². The van der Waals surface area contributed by atoms with Crippen molar-refractivity contribution in [3.8, 4) is 0 Å². The number of hydrogen-bond donors (Lipinski definition) is 1. The van der Waals surface area contributed by atoms with Gasteiger partial charge < -0.3 is 14.7 Å². The van der Waals surface area contributed by atoms with Gasteiger partial charge in [0.05, 0.1) is 22.7 Å². The Hall–Kier alpha value is -3.71. The Morgan fingerprint density at radius 2 is 1.59 bits per heavy atom. The van der Waals surface area contributed by atoms with Crippen LogP contribution in [0.2, 0.25) is 0 Å². The summed E-state index contributed by atoms with van der Waals surface area (Å²) in [6, 6.07) is 23.6. The molecule has 0 unspecified atom stereocenters. The van der Waals surface area contributed by atoms with Gasteiger partial charge in [-0.2, -0.15) is 0 Å². The molecule has 176 valence electrons. The summed E-state index contributed by atoms with van der Waals surface area (Å²) in [7, 11) is 0. The lowest BCUT2D eigenvalue weighted by Crippen LogP contribution is -2.38. The van der Waals surface area contributed by atoms with E-state index in [9.17, 15) is 14.7 Å². The maximum absolute atomic E-state index is 15.2. The number of benzene rings is 3. The highest BCUT2D eigenvalue weighted by Crippen LogP contribution is 2.22. The van der Waals surface area contributed by atoms with Crippen molar-refractivity contribution >= 4 is 29.8 Å². The first kappa shape index (κ1) is 24.9. The lowest BCUT2D eigenvalue weighted by atomic mass is 9.99. The van der Waals surface area contributed by atoms with Crippen LogP contribution in [0.4, 0.5) is 4.39 Å². The van der Waals surface area contributed by atoms with Crippen LogP contribution in [0.15, 0.2) is 90.1 Å². The molecule has 0 aliphatic carbocycles. The number of carboxylic acid groups (broad SMARTS) is 1. The first-order valence-corrected chi connectivity index (χ1v) is 10.9. The molecule has 0 radical (unpaired) electrons. The van der Waals surface area contributed by atoms with Crippen LogP contribution >= 0.6 is 11.6 Å². The van der Waals surface area contributed by atoms with E-state index in [-0.39, 0.29) is 24.2 Å². The molecule has 0 saturated carbocycles. The van der Waals surface area contributed by atoms with Gasteiger partial charge >= 0.3 is 11.9 Å². The Morgan fingerprint density at radius 1 is 0.971 bits per heavy atom. The number of carbonyl (C=O) groups is 2. The molecule has 0 fully saturated rings. The molecular weight excluding hydrogens is 461 g/mol. The second-order valence-corrected chi connectivity index (χ2v) is 7.94. The van der Waals surface area contributed by atoms with Gasteiger partial charge in [0.25, 0.3) is 0 Å². The summed E-state index contributed by atoms with van der Waals surface area (Å²) < 4.78 is 20.6. The lowest BCUT2D eigenvalue weighted by molar-refractivity contribution is 0.0154. The number of alkyl halides is 2. The van der Waals surface area contributed by atoms with Gasteiger partial charge in [0.1, 0.15) is 6.61 Å². The second kappa shape index (κ2) is 12.5. The van der Waals surface area contributed by atoms with E-state index in [4.69, 9.17) is 21.2 Å². The van der Waals surface area contributed by atoms with Gasteiger partial charge in [0, 0.05) is 0 Å². The second-order valence-electron chi connectivity index (χ2n) is 7.38. The van der Waals surface area contributed by atoms with Crippen LogP contribution < -0.4 is 0 Å². The molecule has 0 bridgehead atoms. The van der Waals surface area contributed by atoms with E-state index < -0.39 is 29.6 Å². The molecular formula is C26H23ClFNO5. The highest BCUT2D eigenvalue weighted by molar-refractivity contribution is 6.21. The molecule has 3 atom stereocenters. The van der Waals surface area contributed by atoms with Crippen LogP contribution in [0.5, 0.6) is 0 Å². The third-order valence-electron chi connectivity index (χ3n) is 4.94. The monoisotopic (exact) mass is 483 g/mol. The summed E-state index contributed by atoms with van der Waals surface area (Å²) >= 11 is 6.48. The van der Waals surface area contributed by atoms with Crippen molar-refractivity contribution in [3.63, 3.8) is 0 Å². The summed E-state index contributed by atoms with van der Waals surface area (Å²) in [4.78, 5) is 29.3. The number of ether oxygens (including phenoxy) is 1. The van der Waals surface area contributed by atoms with Crippen molar-refractivity contribution < 1.29 is 28.7 Å². The Bertz CT molecular complexity index is 1110. The van der Waals surface area contributed by atoms with Gasteiger partial charge in [-0.15, -0.1) is 11.6 Å². The van der Waals surface area contributed by atoms with E-state index in [0.29, 0.717) is 5.56 Å². The molecule has 0 amide bonds. The Labute approximate surface area is 201 Å². The molecule has 0 aromatic heterocycles. The standard InChI is InChI=1S/C26H23ClFNO5/c27-22(15-20-13-7-8-14-21(20)25(30)31)24(34-26(32)19-11-5-2-6-12-19)23(28)16-29-33-17-18-9-3-1-4-10-18/h1-14,16,22-24H,15,17H2,(H,30,31)/t22-,23+,24+/m0/s1. The number of rotatable bonds is 11. The molecule has 0 spiro atoms. The van der Waals surface area contributed by atoms with E-state index in [2.05, 4.69) is 5.16 Å². The number of halogens is 2. The van der Waals surface area contributed by atoms with Crippen LogP contribution in [0, 0.1) is 0 Å². The van der Waals surface area contributed by atoms with Crippen molar-refractivity contribution in [1.29, 1.82) is 0 Å². The fourth-order valence-corrected chi connectivity index (χ4v) is 3.57. The predicted molar refractivity (Wildman–Crippen MR) is 127 cm³/mol. The number of nitrogens with zero attached hydrogens (tertiary/aromatic N) is 1. The summed E-state index contributed by atoms with van der Waals surface area (Å²) in [6.07, 6.45) is -2.51. The smallest absolute Gasteiger partial charge is 0.338 e. The molecule has 3 rings (SSSR count). The predicted octanol–water partition coefficient (Wildman–Crippen LogP) is 5.30. The zero-order valence-electron chi connectivity index (χ0n) is 18.1. The van der Waals surface area contributed by atoms with Crippen LogP contribution in [-0.4, -0.2) is 40.9 Å². The third kappa shape index (κ3) is 7.15. The maximum Gasteiger partial charge on any atom is 0.338 e. The largest absolute Gasteiger partial charge is 0.478 e. The van der Waals surface area contributed by atoms with Gasteiger partial charge in [0.15, 0.2) is 12.3 Å². The molecule has 0 saturated heterocycles. The zero-order chi connectivity index (χ0) is 24.3. The van der Waals surface area contributed by atoms with E-state index in [1.54, 1.807) is 36.4 Å². The molecule has 3 aromatic rings. The quantitative estimate of drug-likeness (QED) is 0.173. The first-order chi connectivity index (χ1) is 16.5. The minimum Gasteiger partial charge on any atom is -0.478 e. The van der Waals surface area contributed by atoms with Gasteiger partial charge in [-0.3, -0.25) is 0 Å². The van der Waals surface area contributed by atoms with E-state index in [1.807, 2.05) is 30.3 Å². The fraction of sp³-hybridized carbons (Fsp3) is 0.192. The fourth-order valence-electron chi connectivity index (χ4n) is 3.21. The highest BCUT2D eigenvalue weighted by Gasteiger charge is 2.33. The van der Waals surface area contributed by atoms with Gasteiger partial charge in [0.2, 0.25) is 0 Å². The average Bonchev–Trinajstić information content (AvgIpc) is 2.86. The number of carbonyl (C=O) groups excluding carboxylic acids is 1. The highest BCUT2D eigenvalue weighted by atomic mass is 35.5. The molecule has 0 heterocycles. The van der Waals surface area contributed by atoms with E-state index in [1.165, 1.54) is 18.2 Å². The van der Waals surface area contributed by atoms with Crippen LogP contribution in [-0.2, 0) is 22.6 Å². The number of esters is 1. The van der Waals surface area contributed by atoms with Crippen LogP contribution in [0.25, 0.3) is 0 Å². The van der Waals surface area contributed by atoms with E-state index >= 15 is 4.39 Å². The van der Waals surface area contributed by atoms with Gasteiger partial charge in [-0.05, 0) is 35.7 Å². The molecule has 3 aromatic carbocycles. The molecule has 6 nitrogen and oxygen atoms in total. The Morgan fingerprint density at radius 3 is 2.26 bits per heavy atom.